The Kier molecular flexibility index (Phi) is 16.2. The van der Waals surface area contributed by atoms with Crippen molar-refractivity contribution >= 4 is 67.8 Å². The number of hydrogen-bond acceptors (Lipinski definition) is 15. The molecule has 364 valence electrons. The van der Waals surface area contributed by atoms with Crippen molar-refractivity contribution in [3.8, 4) is 0 Å². The first-order valence-corrected chi connectivity index (χ1v) is 22.8. The fraction of sp³-hybridized carbons (Fsp3) is 0.388. The average molecular weight is 947 g/mol. The minimum atomic E-state index is -1.89. The summed E-state index contributed by atoms with van der Waals surface area (Å²) in [6.45, 7) is 7.94. The first-order chi connectivity index (χ1) is 33.1. The number of nitrogens with two attached hydrogens (primary N) is 1. The van der Waals surface area contributed by atoms with Crippen molar-refractivity contribution in [2.75, 3.05) is 52.9 Å². The molecular formula is C49H58N10O10. The second-order valence-corrected chi connectivity index (χ2v) is 17.3. The number of ether oxygens (including phenoxy) is 2. The predicted octanol–water partition coefficient (Wildman–Crippen LogP) is 2.58. The van der Waals surface area contributed by atoms with Gasteiger partial charge in [-0.3, -0.25) is 19.1 Å². The van der Waals surface area contributed by atoms with Crippen molar-refractivity contribution in [1.29, 1.82) is 0 Å². The number of rotatable bonds is 21. The summed E-state index contributed by atoms with van der Waals surface area (Å²) >= 11 is 0. The number of quaternary nitrogens is 1. The van der Waals surface area contributed by atoms with E-state index in [1.807, 2.05) is 68.3 Å². The fourth-order valence-corrected chi connectivity index (χ4v) is 8.49. The second-order valence-electron chi connectivity index (χ2n) is 17.3. The van der Waals surface area contributed by atoms with Crippen molar-refractivity contribution in [2.45, 2.75) is 70.0 Å². The van der Waals surface area contributed by atoms with E-state index in [2.05, 4.69) is 22.5 Å². The van der Waals surface area contributed by atoms with Gasteiger partial charge < -0.3 is 56.5 Å². The highest BCUT2D eigenvalue weighted by molar-refractivity contribution is 6.07. The number of hydrogen-bond donors (Lipinski definition) is 7. The summed E-state index contributed by atoms with van der Waals surface area (Å²) in [5.41, 5.74) is 12.8. The van der Waals surface area contributed by atoms with Gasteiger partial charge in [-0.2, -0.15) is 0 Å². The number of carbonyl (C=O) groups is 4. The Morgan fingerprint density at radius 3 is 1.91 bits per heavy atom. The lowest BCUT2D eigenvalue weighted by Crippen LogP contribution is -2.65. The van der Waals surface area contributed by atoms with E-state index in [-0.39, 0.29) is 57.0 Å². The molecule has 1 fully saturated rings. The summed E-state index contributed by atoms with van der Waals surface area (Å²) < 4.78 is 10.6. The predicted molar refractivity (Wildman–Crippen MR) is 257 cm³/mol. The van der Waals surface area contributed by atoms with Gasteiger partial charge in [0.25, 0.3) is 11.8 Å². The number of aliphatic hydroxyl groups is 2. The molecule has 6 aromatic rings. The summed E-state index contributed by atoms with van der Waals surface area (Å²) in [5.74, 6) is -2.95. The SMILES string of the molecule is C=CC(NC(=O)CCN)C(O[C@H]1C[C@@H](O)[C@H](O)[C@@H](C(=O)O)O1)[N+]([O-])(CCCN(C)CCNC(=O)c1cccc2nc3cccc(C)c3nc12)CCNC(=O)c1cccc2nc3cccc(C)c3nc12. The van der Waals surface area contributed by atoms with Crippen LogP contribution in [0.2, 0.25) is 0 Å². The lowest BCUT2D eigenvalue weighted by atomic mass is 10.0. The van der Waals surface area contributed by atoms with Gasteiger partial charge >= 0.3 is 5.97 Å². The van der Waals surface area contributed by atoms with E-state index in [4.69, 9.17) is 35.1 Å². The number of hydroxylamine groups is 3. The maximum absolute atomic E-state index is 15.6. The first kappa shape index (κ1) is 50.3. The lowest BCUT2D eigenvalue weighted by molar-refractivity contribution is -0.930. The van der Waals surface area contributed by atoms with E-state index >= 15 is 5.21 Å². The molecule has 2 aromatic heterocycles. The van der Waals surface area contributed by atoms with E-state index in [0.29, 0.717) is 57.3 Å². The molecule has 0 aliphatic carbocycles. The molecule has 7 rings (SSSR count). The number of nitrogens with zero attached hydrogens (tertiary/aromatic N) is 6. The molecular weight excluding hydrogens is 889 g/mol. The number of likely N-dealkylation sites (N-methyl/N-ethyl adjacent to an activating group) is 1. The van der Waals surface area contributed by atoms with E-state index in [1.54, 1.807) is 30.3 Å². The van der Waals surface area contributed by atoms with Gasteiger partial charge in [-0.1, -0.05) is 42.5 Å². The monoisotopic (exact) mass is 946 g/mol. The smallest absolute Gasteiger partial charge is 0.335 e. The van der Waals surface area contributed by atoms with Crippen LogP contribution in [0.1, 0.15) is 51.1 Å². The highest BCUT2D eigenvalue weighted by Crippen LogP contribution is 2.29. The van der Waals surface area contributed by atoms with Crippen LogP contribution in [-0.4, -0.2) is 158 Å². The molecule has 0 saturated carbocycles. The summed E-state index contributed by atoms with van der Waals surface area (Å²) in [5, 5.41) is 55.0. The zero-order chi connectivity index (χ0) is 49.4. The maximum Gasteiger partial charge on any atom is 0.335 e. The van der Waals surface area contributed by atoms with Crippen molar-refractivity contribution in [3.63, 3.8) is 0 Å². The molecule has 69 heavy (non-hydrogen) atoms. The lowest BCUT2D eigenvalue weighted by Gasteiger charge is -2.51. The van der Waals surface area contributed by atoms with Crippen molar-refractivity contribution in [1.82, 2.24) is 40.8 Å². The molecule has 4 aromatic carbocycles. The third-order valence-electron chi connectivity index (χ3n) is 12.2. The van der Waals surface area contributed by atoms with Crippen molar-refractivity contribution in [3.05, 3.63) is 113 Å². The third-order valence-corrected chi connectivity index (χ3v) is 12.2. The summed E-state index contributed by atoms with van der Waals surface area (Å²) in [6, 6.07) is 20.4. The maximum atomic E-state index is 15.6. The van der Waals surface area contributed by atoms with Crippen molar-refractivity contribution < 1.29 is 48.6 Å². The zero-order valence-electron chi connectivity index (χ0n) is 38.7. The van der Waals surface area contributed by atoms with Gasteiger partial charge in [0.15, 0.2) is 12.4 Å². The number of para-hydroxylation sites is 4. The molecule has 0 bridgehead atoms. The summed E-state index contributed by atoms with van der Waals surface area (Å²) in [6.07, 6.45) is -7.38. The summed E-state index contributed by atoms with van der Waals surface area (Å²) in [4.78, 5) is 73.4. The molecule has 0 spiro atoms. The van der Waals surface area contributed by atoms with Crippen LogP contribution >= 0.6 is 0 Å². The average Bonchev–Trinajstić information content (AvgIpc) is 3.32. The van der Waals surface area contributed by atoms with Crippen LogP contribution in [0.5, 0.6) is 0 Å². The normalized spacial score (nSPS) is 19.0. The van der Waals surface area contributed by atoms with Crippen LogP contribution in [-0.2, 0) is 19.1 Å². The molecule has 1 aliphatic rings. The Balaban J connectivity index is 1.09. The Hall–Kier alpha value is -6.62. The fourth-order valence-electron chi connectivity index (χ4n) is 8.49. The number of benzene rings is 4. The Labute approximate surface area is 397 Å². The Morgan fingerprint density at radius 2 is 1.38 bits per heavy atom. The number of carbonyl (C=O) groups excluding carboxylic acids is 3. The Bertz CT molecular complexity index is 2870. The number of aryl methyl sites for hydroxylation is 2. The van der Waals surface area contributed by atoms with Gasteiger partial charge in [-0.15, -0.1) is 6.58 Å². The standard InChI is InChI=1S/C49H58N10O10/c1-5-32(55-38(61)19-20-50)48(69-39-27-37(60)44(62)45(68-39)49(65)66)59(67,26-22-52-47(64)31-14-9-18-36-43(31)57-41-29(3)12-7-16-34(41)54-36)25-10-23-58(4)24-21-51-46(63)30-13-8-17-35-42(30)56-40-28(2)11-6-15-33(40)53-35/h5-9,11-18,32,37,39,44-45,48,60,62H,1,10,19-27,50H2,2-4H3,(H,51,63)(H,52,64)(H,55,61)(H,65,66)/t32?,37-,39+,44+,45+,48?,59?/m1/s1. The molecule has 20 heteroatoms. The molecule has 1 saturated heterocycles. The van der Waals surface area contributed by atoms with Crippen LogP contribution in [0.4, 0.5) is 0 Å². The van der Waals surface area contributed by atoms with Crippen LogP contribution in [0.15, 0.2) is 85.5 Å². The number of fused-ring (bicyclic) bond motifs is 4. The van der Waals surface area contributed by atoms with Gasteiger partial charge in [0.05, 0.1) is 70.0 Å². The van der Waals surface area contributed by atoms with E-state index < -0.39 is 65.7 Å². The number of carboxylic acid groups (broad SMARTS) is 1. The number of aliphatic hydroxyl groups excluding tert-OH is 2. The summed E-state index contributed by atoms with van der Waals surface area (Å²) in [7, 11) is 1.82. The highest BCUT2D eigenvalue weighted by atomic mass is 16.7. The minimum absolute atomic E-state index is 0.00561. The van der Waals surface area contributed by atoms with Gasteiger partial charge in [0, 0.05) is 45.4 Å². The number of amides is 3. The third kappa shape index (κ3) is 11.6. The quantitative estimate of drug-likeness (QED) is 0.0179. The molecule has 3 unspecified atom stereocenters. The van der Waals surface area contributed by atoms with Crippen LogP contribution in [0.3, 0.4) is 0 Å². The van der Waals surface area contributed by atoms with Crippen LogP contribution < -0.4 is 21.7 Å². The number of aromatic nitrogens is 4. The zero-order valence-corrected chi connectivity index (χ0v) is 38.7. The van der Waals surface area contributed by atoms with E-state index in [1.165, 1.54) is 6.08 Å². The van der Waals surface area contributed by atoms with Gasteiger partial charge in [0.2, 0.25) is 12.1 Å². The topological polar surface area (TPSA) is 287 Å². The van der Waals surface area contributed by atoms with Gasteiger partial charge in [-0.05, 0) is 68.4 Å². The Morgan fingerprint density at radius 1 is 0.841 bits per heavy atom. The molecule has 3 amide bonds. The number of nitrogens with one attached hydrogen (secondary N) is 3. The molecule has 3 heterocycles. The van der Waals surface area contributed by atoms with E-state index in [9.17, 15) is 34.5 Å². The first-order valence-electron chi connectivity index (χ1n) is 22.8. The minimum Gasteiger partial charge on any atom is -0.631 e. The van der Waals surface area contributed by atoms with E-state index in [0.717, 1.165) is 16.6 Å². The van der Waals surface area contributed by atoms with Crippen LogP contribution in [0, 0.1) is 19.1 Å². The number of carboxylic acids is 1. The van der Waals surface area contributed by atoms with Gasteiger partial charge in [0.1, 0.15) is 23.2 Å². The number of aliphatic carboxylic acids is 1. The van der Waals surface area contributed by atoms with Crippen molar-refractivity contribution in [2.24, 2.45) is 5.73 Å². The molecule has 7 atom stereocenters. The molecule has 20 nitrogen and oxygen atoms in total. The molecule has 1 aliphatic heterocycles. The van der Waals surface area contributed by atoms with Gasteiger partial charge in [-0.25, -0.2) is 24.7 Å². The molecule has 8 N–H and O–H groups in total. The van der Waals surface area contributed by atoms with Crippen LogP contribution in [0.25, 0.3) is 44.1 Å². The largest absolute Gasteiger partial charge is 0.631 e. The highest BCUT2D eigenvalue weighted by Gasteiger charge is 2.45. The second kappa shape index (κ2) is 22.2. The molecule has 0 radical (unpaired) electrons.